The van der Waals surface area contributed by atoms with E-state index in [2.05, 4.69) is 30.3 Å². The third-order valence-electron chi connectivity index (χ3n) is 3.56. The molecule has 0 amide bonds. The van der Waals surface area contributed by atoms with Crippen molar-refractivity contribution in [2.24, 2.45) is 0 Å². The molecule has 2 rings (SSSR count). The summed E-state index contributed by atoms with van der Waals surface area (Å²) in [6.45, 7) is 7.91. The van der Waals surface area contributed by atoms with Crippen molar-refractivity contribution in [3.63, 3.8) is 0 Å². The normalized spacial score (nSPS) is 22.6. The fraction of sp³-hybridized carbons (Fsp3) is 0.714. The van der Waals surface area contributed by atoms with E-state index >= 15 is 0 Å². The van der Waals surface area contributed by atoms with Gasteiger partial charge in [-0.2, -0.15) is 0 Å². The molecule has 1 unspecified atom stereocenters. The summed E-state index contributed by atoms with van der Waals surface area (Å²) >= 11 is 1.27. The van der Waals surface area contributed by atoms with Gasteiger partial charge < -0.3 is 14.4 Å². The van der Waals surface area contributed by atoms with Gasteiger partial charge in [0.2, 0.25) is 0 Å². The molecule has 112 valence electrons. The van der Waals surface area contributed by atoms with Gasteiger partial charge in [-0.25, -0.2) is 4.98 Å². The van der Waals surface area contributed by atoms with E-state index in [1.807, 2.05) is 6.20 Å². The van der Waals surface area contributed by atoms with Crippen LogP contribution < -0.4 is 0 Å². The third kappa shape index (κ3) is 3.55. The summed E-state index contributed by atoms with van der Waals surface area (Å²) in [6, 6.07) is 0. The van der Waals surface area contributed by atoms with Crippen molar-refractivity contribution >= 4 is 17.7 Å². The molecule has 20 heavy (non-hydrogen) atoms. The van der Waals surface area contributed by atoms with Gasteiger partial charge in [0.25, 0.3) is 0 Å². The first-order valence-corrected chi connectivity index (χ1v) is 7.94. The van der Waals surface area contributed by atoms with Crippen LogP contribution in [0.25, 0.3) is 0 Å². The molecule has 0 aliphatic carbocycles. The predicted octanol–water partition coefficient (Wildman–Crippen LogP) is 2.75. The zero-order chi connectivity index (χ0) is 14.8. The summed E-state index contributed by atoms with van der Waals surface area (Å²) in [5.74, 6) is -0.433. The van der Waals surface area contributed by atoms with Gasteiger partial charge in [-0.1, -0.05) is 25.6 Å². The molecule has 1 fully saturated rings. The molecule has 1 aliphatic rings. The maximum Gasteiger partial charge on any atom is 0.313 e. The Balaban J connectivity index is 2.22. The van der Waals surface area contributed by atoms with Crippen molar-refractivity contribution in [2.45, 2.75) is 56.8 Å². The molecule has 0 bridgehead atoms. The number of hydrogen-bond acceptors (Lipinski definition) is 4. The van der Waals surface area contributed by atoms with Crippen LogP contribution in [0.5, 0.6) is 0 Å². The van der Waals surface area contributed by atoms with Gasteiger partial charge in [0.1, 0.15) is 0 Å². The van der Waals surface area contributed by atoms with Gasteiger partial charge in [-0.3, -0.25) is 4.79 Å². The first-order chi connectivity index (χ1) is 9.41. The number of thioether (sulfide) groups is 1. The Morgan fingerprint density at radius 2 is 2.40 bits per heavy atom. The standard InChI is InChI=1S/C14H22N2O3S/c1-10(2)11-7-15-13(20-8-12(17)18)16(11)9-14(3)5-4-6-19-14/h7,10H,4-6,8-9H2,1-3H3,(H,17,18). The number of carboxylic acid groups (broad SMARTS) is 1. The molecular weight excluding hydrogens is 276 g/mol. The summed E-state index contributed by atoms with van der Waals surface area (Å²) in [4.78, 5) is 15.1. The number of nitrogens with zero attached hydrogens (tertiary/aromatic N) is 2. The van der Waals surface area contributed by atoms with E-state index in [4.69, 9.17) is 9.84 Å². The van der Waals surface area contributed by atoms with E-state index in [1.165, 1.54) is 11.8 Å². The highest BCUT2D eigenvalue weighted by Gasteiger charge is 2.32. The molecular formula is C14H22N2O3S. The fourth-order valence-corrected chi connectivity index (χ4v) is 3.23. The van der Waals surface area contributed by atoms with E-state index < -0.39 is 5.97 Å². The minimum absolute atomic E-state index is 0.0338. The number of imidazole rings is 1. The van der Waals surface area contributed by atoms with Crippen molar-refractivity contribution in [1.82, 2.24) is 9.55 Å². The Hall–Kier alpha value is -1.01. The van der Waals surface area contributed by atoms with E-state index in [0.717, 1.165) is 36.8 Å². The topological polar surface area (TPSA) is 64.3 Å². The van der Waals surface area contributed by atoms with Gasteiger partial charge in [0, 0.05) is 18.5 Å². The van der Waals surface area contributed by atoms with Crippen LogP contribution in [0, 0.1) is 0 Å². The van der Waals surface area contributed by atoms with Crippen molar-refractivity contribution in [1.29, 1.82) is 0 Å². The highest BCUT2D eigenvalue weighted by atomic mass is 32.2. The molecule has 1 aromatic heterocycles. The Morgan fingerprint density at radius 3 is 2.95 bits per heavy atom. The molecule has 0 spiro atoms. The maximum atomic E-state index is 10.7. The summed E-state index contributed by atoms with van der Waals surface area (Å²) < 4.78 is 7.98. The van der Waals surface area contributed by atoms with E-state index in [0.29, 0.717) is 5.92 Å². The highest BCUT2D eigenvalue weighted by molar-refractivity contribution is 7.99. The Bertz CT molecular complexity index is 479. The summed E-state index contributed by atoms with van der Waals surface area (Å²) in [5, 5.41) is 9.61. The molecule has 0 aromatic carbocycles. The molecule has 0 radical (unpaired) electrons. The van der Waals surface area contributed by atoms with Gasteiger partial charge in [0.15, 0.2) is 5.16 Å². The van der Waals surface area contributed by atoms with Crippen molar-refractivity contribution in [3.8, 4) is 0 Å². The number of ether oxygens (including phenoxy) is 1. The first kappa shape index (κ1) is 15.4. The number of rotatable bonds is 6. The van der Waals surface area contributed by atoms with Crippen LogP contribution in [0.2, 0.25) is 0 Å². The number of carboxylic acids is 1. The zero-order valence-electron chi connectivity index (χ0n) is 12.3. The molecule has 1 aromatic rings. The van der Waals surface area contributed by atoms with Crippen LogP contribution in [0.15, 0.2) is 11.4 Å². The monoisotopic (exact) mass is 298 g/mol. The molecule has 2 heterocycles. The molecule has 1 aliphatic heterocycles. The molecule has 1 N–H and O–H groups in total. The number of aliphatic carboxylic acids is 1. The van der Waals surface area contributed by atoms with E-state index in [1.54, 1.807) is 0 Å². The zero-order valence-corrected chi connectivity index (χ0v) is 13.1. The molecule has 5 nitrogen and oxygen atoms in total. The van der Waals surface area contributed by atoms with E-state index in [9.17, 15) is 4.79 Å². The van der Waals surface area contributed by atoms with Gasteiger partial charge >= 0.3 is 5.97 Å². The lowest BCUT2D eigenvalue weighted by molar-refractivity contribution is -0.133. The number of hydrogen-bond donors (Lipinski definition) is 1. The van der Waals surface area contributed by atoms with Crippen molar-refractivity contribution in [3.05, 3.63) is 11.9 Å². The minimum atomic E-state index is -0.820. The van der Waals surface area contributed by atoms with Gasteiger partial charge in [0.05, 0.1) is 17.9 Å². The third-order valence-corrected chi connectivity index (χ3v) is 4.53. The number of aromatic nitrogens is 2. The second-order valence-corrected chi connectivity index (χ2v) is 6.73. The second-order valence-electron chi connectivity index (χ2n) is 5.79. The SMILES string of the molecule is CC(C)c1cnc(SCC(=O)O)n1CC1(C)CCCO1. The van der Waals surface area contributed by atoms with Gasteiger partial charge in [-0.15, -0.1) is 0 Å². The van der Waals surface area contributed by atoms with Crippen LogP contribution in [-0.2, 0) is 16.1 Å². The van der Waals surface area contributed by atoms with Gasteiger partial charge in [-0.05, 0) is 25.7 Å². The minimum Gasteiger partial charge on any atom is -0.481 e. The predicted molar refractivity (Wildman–Crippen MR) is 78.3 cm³/mol. The lowest BCUT2D eigenvalue weighted by Gasteiger charge is -2.26. The Morgan fingerprint density at radius 1 is 1.65 bits per heavy atom. The molecule has 6 heteroatoms. The molecule has 1 atom stereocenters. The molecule has 0 saturated carbocycles. The average molecular weight is 298 g/mol. The quantitative estimate of drug-likeness (QED) is 0.818. The smallest absolute Gasteiger partial charge is 0.313 e. The average Bonchev–Trinajstić information content (AvgIpc) is 2.94. The van der Waals surface area contributed by atoms with Crippen LogP contribution in [0.3, 0.4) is 0 Å². The summed E-state index contributed by atoms with van der Waals surface area (Å²) in [7, 11) is 0. The van der Waals surface area contributed by atoms with Crippen LogP contribution in [-0.4, -0.2) is 38.6 Å². The Kier molecular flexibility index (Phi) is 4.75. The Labute approximate surface area is 123 Å². The lowest BCUT2D eigenvalue weighted by atomic mass is 10.0. The molecule has 1 saturated heterocycles. The van der Waals surface area contributed by atoms with Crippen molar-refractivity contribution < 1.29 is 14.6 Å². The number of carbonyl (C=O) groups is 1. The largest absolute Gasteiger partial charge is 0.481 e. The lowest BCUT2D eigenvalue weighted by Crippen LogP contribution is -2.30. The maximum absolute atomic E-state index is 10.7. The van der Waals surface area contributed by atoms with Crippen LogP contribution in [0.1, 0.15) is 45.2 Å². The highest BCUT2D eigenvalue weighted by Crippen LogP contribution is 2.31. The van der Waals surface area contributed by atoms with Crippen LogP contribution >= 0.6 is 11.8 Å². The summed E-state index contributed by atoms with van der Waals surface area (Å²) in [5.41, 5.74) is 0.970. The van der Waals surface area contributed by atoms with Crippen molar-refractivity contribution in [2.75, 3.05) is 12.4 Å². The summed E-state index contributed by atoms with van der Waals surface area (Å²) in [6.07, 6.45) is 3.97. The first-order valence-electron chi connectivity index (χ1n) is 6.95. The fourth-order valence-electron chi connectivity index (χ4n) is 2.53. The second kappa shape index (κ2) is 6.18. The van der Waals surface area contributed by atoms with E-state index in [-0.39, 0.29) is 11.4 Å². The van der Waals surface area contributed by atoms with Crippen LogP contribution in [0.4, 0.5) is 0 Å².